The molecule has 1 nitrogen and oxygen atoms in total. The van der Waals surface area contributed by atoms with Crippen LogP contribution in [0, 0.1) is 0 Å². The Balaban J connectivity index is 1.02. The molecule has 0 saturated heterocycles. The lowest BCUT2D eigenvalue weighted by atomic mass is 9.87. The van der Waals surface area contributed by atoms with Crippen LogP contribution in [0.5, 0.6) is 11.5 Å². The summed E-state index contributed by atoms with van der Waals surface area (Å²) in [5.74, 6) is 1.83. The zero-order chi connectivity index (χ0) is 32.1. The van der Waals surface area contributed by atoms with Gasteiger partial charge in [-0.3, -0.25) is 0 Å². The van der Waals surface area contributed by atoms with Gasteiger partial charge in [-0.05, 0) is 118 Å². The fraction of sp³-hybridized carbons (Fsp3) is 0. The van der Waals surface area contributed by atoms with Crippen molar-refractivity contribution in [1.82, 2.24) is 0 Å². The first kappa shape index (κ1) is 26.6. The molecular formula is C48H28O. The minimum Gasteiger partial charge on any atom is -0.456 e. The first-order valence-corrected chi connectivity index (χ1v) is 16.9. The molecule has 10 aromatic carbocycles. The van der Waals surface area contributed by atoms with Crippen LogP contribution in [0.1, 0.15) is 0 Å². The minimum absolute atomic E-state index is 0.907. The van der Waals surface area contributed by atoms with E-state index in [0.29, 0.717) is 0 Å². The molecule has 0 N–H and O–H groups in total. The molecule has 0 saturated carbocycles. The summed E-state index contributed by atoms with van der Waals surface area (Å²) >= 11 is 0. The third-order valence-corrected chi connectivity index (χ3v) is 10.6. The van der Waals surface area contributed by atoms with Crippen LogP contribution in [0.2, 0.25) is 0 Å². The lowest BCUT2D eigenvalue weighted by Gasteiger charge is -2.22. The van der Waals surface area contributed by atoms with E-state index >= 15 is 0 Å². The molecule has 0 fully saturated rings. The first-order chi connectivity index (χ1) is 24.3. The van der Waals surface area contributed by atoms with Gasteiger partial charge >= 0.3 is 0 Å². The van der Waals surface area contributed by atoms with Gasteiger partial charge in [0.1, 0.15) is 11.5 Å². The highest BCUT2D eigenvalue weighted by Crippen LogP contribution is 2.48. The average Bonchev–Trinajstić information content (AvgIpc) is 3.17. The van der Waals surface area contributed by atoms with Crippen LogP contribution in [0.25, 0.3) is 98.4 Å². The van der Waals surface area contributed by atoms with Crippen LogP contribution in [0.4, 0.5) is 0 Å². The summed E-state index contributed by atoms with van der Waals surface area (Å²) in [6.45, 7) is 0. The molecule has 0 amide bonds. The quantitative estimate of drug-likeness (QED) is 0.179. The minimum atomic E-state index is 0.907. The number of ether oxygens (including phenoxy) is 1. The number of hydrogen-bond acceptors (Lipinski definition) is 1. The molecule has 1 aliphatic heterocycles. The Morgan fingerprint density at radius 1 is 0.265 bits per heavy atom. The molecule has 226 valence electrons. The summed E-state index contributed by atoms with van der Waals surface area (Å²) in [5, 5.41) is 12.7. The molecule has 0 spiro atoms. The van der Waals surface area contributed by atoms with Gasteiger partial charge in [-0.15, -0.1) is 0 Å². The Morgan fingerprint density at radius 2 is 0.837 bits per heavy atom. The summed E-state index contributed by atoms with van der Waals surface area (Å²) in [7, 11) is 0. The topological polar surface area (TPSA) is 9.23 Å². The smallest absolute Gasteiger partial charge is 0.135 e. The normalized spacial score (nSPS) is 12.2. The van der Waals surface area contributed by atoms with Gasteiger partial charge in [0.2, 0.25) is 0 Å². The van der Waals surface area contributed by atoms with Crippen LogP contribution >= 0.6 is 0 Å². The molecule has 10 aromatic rings. The predicted molar refractivity (Wildman–Crippen MR) is 207 cm³/mol. The fourth-order valence-electron chi connectivity index (χ4n) is 8.26. The second-order valence-corrected chi connectivity index (χ2v) is 13.3. The zero-order valence-electron chi connectivity index (χ0n) is 26.6. The van der Waals surface area contributed by atoms with Crippen molar-refractivity contribution in [2.75, 3.05) is 0 Å². The van der Waals surface area contributed by atoms with Crippen molar-refractivity contribution in [1.29, 1.82) is 0 Å². The average molecular weight is 621 g/mol. The Kier molecular flexibility index (Phi) is 5.45. The number of hydrogen-bond donors (Lipinski definition) is 0. The van der Waals surface area contributed by atoms with Crippen molar-refractivity contribution in [3.05, 3.63) is 170 Å². The van der Waals surface area contributed by atoms with Gasteiger partial charge in [0.15, 0.2) is 0 Å². The first-order valence-electron chi connectivity index (χ1n) is 16.9. The number of rotatable bonds is 3. The van der Waals surface area contributed by atoms with E-state index in [-0.39, 0.29) is 0 Å². The molecule has 0 aliphatic carbocycles. The standard InChI is InChI=1S/C48H28O/c1-2-6-29(7-3-1)38-21-16-31-19-24-42-39(22-17-32-18-23-41(38)47(31)48(32)42)37-15-14-33-26-34(12-13-35(33)27-37)36-20-25-44-43(28-36)40-10-4-8-30-9-5-11-45(49-44)46(30)40/h1-28H. The van der Waals surface area contributed by atoms with Gasteiger partial charge in [-0.1, -0.05) is 140 Å². The van der Waals surface area contributed by atoms with Crippen molar-refractivity contribution >= 4 is 53.9 Å². The van der Waals surface area contributed by atoms with Crippen LogP contribution in [0.3, 0.4) is 0 Å². The van der Waals surface area contributed by atoms with E-state index < -0.39 is 0 Å². The van der Waals surface area contributed by atoms with Gasteiger partial charge in [-0.25, -0.2) is 0 Å². The van der Waals surface area contributed by atoms with E-state index in [2.05, 4.69) is 170 Å². The Labute approximate surface area is 283 Å². The van der Waals surface area contributed by atoms with Crippen molar-refractivity contribution in [3.63, 3.8) is 0 Å². The molecule has 0 unspecified atom stereocenters. The molecule has 1 heterocycles. The van der Waals surface area contributed by atoms with Gasteiger partial charge < -0.3 is 4.74 Å². The summed E-state index contributed by atoms with van der Waals surface area (Å²) in [6.07, 6.45) is 0. The van der Waals surface area contributed by atoms with E-state index in [1.165, 1.54) is 92.8 Å². The van der Waals surface area contributed by atoms with E-state index in [9.17, 15) is 0 Å². The molecule has 1 aliphatic rings. The van der Waals surface area contributed by atoms with E-state index in [1.807, 2.05) is 0 Å². The fourth-order valence-corrected chi connectivity index (χ4v) is 8.26. The maximum absolute atomic E-state index is 6.36. The van der Waals surface area contributed by atoms with Gasteiger partial charge in [0.05, 0.1) is 0 Å². The summed E-state index contributed by atoms with van der Waals surface area (Å²) in [6, 6.07) is 62.1. The van der Waals surface area contributed by atoms with Crippen molar-refractivity contribution < 1.29 is 4.74 Å². The van der Waals surface area contributed by atoms with E-state index in [1.54, 1.807) is 0 Å². The number of fused-ring (bicyclic) bond motifs is 3. The Morgan fingerprint density at radius 3 is 1.59 bits per heavy atom. The highest BCUT2D eigenvalue weighted by molar-refractivity contribution is 6.27. The molecule has 0 atom stereocenters. The van der Waals surface area contributed by atoms with Gasteiger partial charge in [0.25, 0.3) is 0 Å². The summed E-state index contributed by atoms with van der Waals surface area (Å²) in [4.78, 5) is 0. The largest absolute Gasteiger partial charge is 0.456 e. The molecule has 0 bridgehead atoms. The SMILES string of the molecule is c1ccc(-c2ccc3ccc4c(-c5ccc6cc(-c7ccc8c(c7)-c7cccc9cccc(c79)O8)ccc6c5)ccc5ccc2c3c54)cc1. The lowest BCUT2D eigenvalue weighted by Crippen LogP contribution is -1.97. The van der Waals surface area contributed by atoms with Gasteiger partial charge in [-0.2, -0.15) is 0 Å². The summed E-state index contributed by atoms with van der Waals surface area (Å²) in [5.41, 5.74) is 9.79. The third-order valence-electron chi connectivity index (χ3n) is 10.6. The van der Waals surface area contributed by atoms with Crippen LogP contribution in [-0.2, 0) is 0 Å². The van der Waals surface area contributed by atoms with Gasteiger partial charge in [0, 0.05) is 10.9 Å². The van der Waals surface area contributed by atoms with E-state index in [4.69, 9.17) is 4.74 Å². The van der Waals surface area contributed by atoms with Crippen molar-refractivity contribution in [2.24, 2.45) is 0 Å². The zero-order valence-corrected chi connectivity index (χ0v) is 26.6. The van der Waals surface area contributed by atoms with Crippen molar-refractivity contribution in [2.45, 2.75) is 0 Å². The predicted octanol–water partition coefficient (Wildman–Crippen LogP) is 13.7. The third kappa shape index (κ3) is 3.94. The lowest BCUT2D eigenvalue weighted by molar-refractivity contribution is 0.487. The molecule has 0 aromatic heterocycles. The second-order valence-electron chi connectivity index (χ2n) is 13.3. The second kappa shape index (κ2) is 10.0. The van der Waals surface area contributed by atoms with Crippen LogP contribution < -0.4 is 4.74 Å². The highest BCUT2D eigenvalue weighted by atomic mass is 16.5. The summed E-state index contributed by atoms with van der Waals surface area (Å²) < 4.78 is 6.36. The molecule has 1 heteroatoms. The van der Waals surface area contributed by atoms with E-state index in [0.717, 1.165) is 17.1 Å². The maximum Gasteiger partial charge on any atom is 0.135 e. The maximum atomic E-state index is 6.36. The molecule has 0 radical (unpaired) electrons. The van der Waals surface area contributed by atoms with Crippen molar-refractivity contribution in [3.8, 4) is 56.0 Å². The molecular weight excluding hydrogens is 593 g/mol. The monoisotopic (exact) mass is 620 g/mol. The van der Waals surface area contributed by atoms with Crippen LogP contribution in [-0.4, -0.2) is 0 Å². The Hall–Kier alpha value is -6.44. The Bertz CT molecular complexity index is 2950. The molecule has 49 heavy (non-hydrogen) atoms. The highest BCUT2D eigenvalue weighted by Gasteiger charge is 2.20. The van der Waals surface area contributed by atoms with Crippen LogP contribution in [0.15, 0.2) is 170 Å². The number of benzene rings is 10. The molecule has 11 rings (SSSR count).